The Balaban J connectivity index is 1.91. The number of sulfonamides is 1. The fourth-order valence-electron chi connectivity index (χ4n) is 4.84. The van der Waals surface area contributed by atoms with Crippen molar-refractivity contribution in [2.45, 2.75) is 72.0 Å². The van der Waals surface area contributed by atoms with E-state index in [1.165, 1.54) is 4.31 Å². The van der Waals surface area contributed by atoms with Crippen molar-refractivity contribution < 1.29 is 18.0 Å². The van der Waals surface area contributed by atoms with Crippen LogP contribution in [0.25, 0.3) is 0 Å². The van der Waals surface area contributed by atoms with Crippen LogP contribution in [-0.4, -0.2) is 50.0 Å². The molecule has 0 fully saturated rings. The van der Waals surface area contributed by atoms with Gasteiger partial charge in [0, 0.05) is 37.0 Å². The van der Waals surface area contributed by atoms with Crippen molar-refractivity contribution >= 4 is 39.1 Å². The second kappa shape index (κ2) is 15.2. The summed E-state index contributed by atoms with van der Waals surface area (Å²) in [7, 11) is -3.63. The second-order valence-electron chi connectivity index (χ2n) is 10.9. The summed E-state index contributed by atoms with van der Waals surface area (Å²) in [5, 5.41) is 3.51. The zero-order chi connectivity index (χ0) is 30.9. The van der Waals surface area contributed by atoms with E-state index < -0.39 is 16.1 Å². The highest BCUT2D eigenvalue weighted by atomic mass is 35.5. The van der Waals surface area contributed by atoms with Gasteiger partial charge >= 0.3 is 0 Å². The molecule has 0 spiro atoms. The van der Waals surface area contributed by atoms with Gasteiger partial charge in [0.25, 0.3) is 0 Å². The molecule has 0 saturated heterocycles. The number of carbonyl (C=O) groups is 2. The van der Waals surface area contributed by atoms with Crippen LogP contribution in [0.1, 0.15) is 55.4 Å². The van der Waals surface area contributed by atoms with Gasteiger partial charge in [-0.3, -0.25) is 13.9 Å². The molecule has 2 amide bonds. The van der Waals surface area contributed by atoms with Crippen molar-refractivity contribution in [3.8, 4) is 0 Å². The molecule has 0 aliphatic rings. The third-order valence-electron chi connectivity index (χ3n) is 7.30. The number of hydrogen-bond donors (Lipinski definition) is 1. The van der Waals surface area contributed by atoms with Gasteiger partial charge in [0.15, 0.2) is 0 Å². The summed E-state index contributed by atoms with van der Waals surface area (Å²) in [5.74, 6) is -0.422. The zero-order valence-electron chi connectivity index (χ0n) is 25.1. The van der Waals surface area contributed by atoms with Crippen LogP contribution in [0.15, 0.2) is 72.8 Å². The van der Waals surface area contributed by atoms with E-state index in [0.29, 0.717) is 17.1 Å². The lowest BCUT2D eigenvalue weighted by Crippen LogP contribution is -2.52. The van der Waals surface area contributed by atoms with E-state index in [9.17, 15) is 18.0 Å². The lowest BCUT2D eigenvalue weighted by atomic mass is 10.0. The molecule has 3 aromatic carbocycles. The monoisotopic (exact) mass is 611 g/mol. The Labute approximate surface area is 255 Å². The SMILES string of the molecule is CC[C@H](C)NC(=O)[C@H](Cc1ccccc1)N(Cc1cccc(C)c1)C(=O)CCCN(c1cc(Cl)ccc1C)S(C)(=O)=O. The molecule has 226 valence electrons. The van der Waals surface area contributed by atoms with E-state index in [2.05, 4.69) is 5.32 Å². The van der Waals surface area contributed by atoms with Crippen LogP contribution < -0.4 is 9.62 Å². The van der Waals surface area contributed by atoms with Crippen molar-refractivity contribution in [1.29, 1.82) is 0 Å². The average Bonchev–Trinajstić information content (AvgIpc) is 2.94. The molecule has 0 saturated carbocycles. The van der Waals surface area contributed by atoms with Crippen molar-refractivity contribution in [3.63, 3.8) is 0 Å². The molecule has 3 rings (SSSR count). The van der Waals surface area contributed by atoms with Gasteiger partial charge < -0.3 is 10.2 Å². The molecular formula is C33H42ClN3O4S. The van der Waals surface area contributed by atoms with E-state index in [-0.39, 0.29) is 43.8 Å². The molecule has 1 N–H and O–H groups in total. The van der Waals surface area contributed by atoms with E-state index in [1.807, 2.05) is 82.3 Å². The summed E-state index contributed by atoms with van der Waals surface area (Å²) >= 11 is 6.18. The summed E-state index contributed by atoms with van der Waals surface area (Å²) in [6.07, 6.45) is 2.61. The van der Waals surface area contributed by atoms with E-state index in [1.54, 1.807) is 23.1 Å². The molecule has 0 aromatic heterocycles. The normalized spacial score (nSPS) is 12.8. The van der Waals surface area contributed by atoms with Crippen molar-refractivity contribution in [3.05, 3.63) is 100 Å². The lowest BCUT2D eigenvalue weighted by Gasteiger charge is -2.33. The molecule has 3 aromatic rings. The third kappa shape index (κ3) is 9.60. The molecule has 42 heavy (non-hydrogen) atoms. The van der Waals surface area contributed by atoms with Crippen molar-refractivity contribution in [2.75, 3.05) is 17.1 Å². The fraction of sp³-hybridized carbons (Fsp3) is 0.394. The highest BCUT2D eigenvalue weighted by Gasteiger charge is 2.31. The summed E-state index contributed by atoms with van der Waals surface area (Å²) in [4.78, 5) is 29.3. The van der Waals surface area contributed by atoms with Gasteiger partial charge in [0.1, 0.15) is 6.04 Å². The number of benzene rings is 3. The first-order valence-electron chi connectivity index (χ1n) is 14.3. The number of aryl methyl sites for hydroxylation is 2. The Morgan fingerprint density at radius 1 is 0.952 bits per heavy atom. The van der Waals surface area contributed by atoms with Gasteiger partial charge in [-0.15, -0.1) is 0 Å². The summed E-state index contributed by atoms with van der Waals surface area (Å²) < 4.78 is 26.8. The number of halogens is 1. The lowest BCUT2D eigenvalue weighted by molar-refractivity contribution is -0.141. The van der Waals surface area contributed by atoms with Gasteiger partial charge in [-0.1, -0.05) is 84.8 Å². The first kappa shape index (κ1) is 33.1. The number of anilines is 1. The van der Waals surface area contributed by atoms with Gasteiger partial charge in [0.2, 0.25) is 21.8 Å². The first-order chi connectivity index (χ1) is 19.9. The quantitative estimate of drug-likeness (QED) is 0.240. The minimum atomic E-state index is -3.63. The summed E-state index contributed by atoms with van der Waals surface area (Å²) in [5.41, 5.74) is 4.18. The standard InChI is InChI=1S/C33H42ClN3O4S/c1-6-26(4)35-33(39)31(21-27-13-8-7-9-14-27)36(23-28-15-10-12-24(2)20-28)32(38)16-11-19-37(42(5,40)41)30-22-29(34)18-17-25(30)3/h7-10,12-15,17-18,20,22,26,31H,6,11,16,19,21,23H2,1-5H3,(H,35,39)/t26-,31-/m0/s1. The minimum Gasteiger partial charge on any atom is -0.352 e. The number of rotatable bonds is 14. The van der Waals surface area contributed by atoms with Gasteiger partial charge in [-0.25, -0.2) is 8.42 Å². The van der Waals surface area contributed by atoms with Crippen LogP contribution in [-0.2, 0) is 32.6 Å². The van der Waals surface area contributed by atoms with Crippen LogP contribution in [0.4, 0.5) is 5.69 Å². The number of nitrogens with one attached hydrogen (secondary N) is 1. The highest BCUT2D eigenvalue weighted by molar-refractivity contribution is 7.92. The molecule has 0 bridgehead atoms. The van der Waals surface area contributed by atoms with Crippen LogP contribution in [0.2, 0.25) is 5.02 Å². The Morgan fingerprint density at radius 2 is 1.64 bits per heavy atom. The van der Waals surface area contributed by atoms with Crippen molar-refractivity contribution in [1.82, 2.24) is 10.2 Å². The molecule has 0 aliphatic heterocycles. The molecule has 0 radical (unpaired) electrons. The second-order valence-corrected chi connectivity index (χ2v) is 13.2. The third-order valence-corrected chi connectivity index (χ3v) is 8.71. The molecule has 9 heteroatoms. The highest BCUT2D eigenvalue weighted by Crippen LogP contribution is 2.27. The number of hydrogen-bond acceptors (Lipinski definition) is 4. The van der Waals surface area contributed by atoms with Crippen LogP contribution in [0.3, 0.4) is 0 Å². The minimum absolute atomic E-state index is 0.0454. The molecule has 0 aliphatic carbocycles. The maximum absolute atomic E-state index is 14.0. The van der Waals surface area contributed by atoms with Crippen LogP contribution in [0, 0.1) is 13.8 Å². The van der Waals surface area contributed by atoms with Gasteiger partial charge in [-0.2, -0.15) is 0 Å². The number of amides is 2. The topological polar surface area (TPSA) is 86.8 Å². The average molecular weight is 612 g/mol. The molecular weight excluding hydrogens is 570 g/mol. The molecule has 0 heterocycles. The maximum atomic E-state index is 14.0. The number of carbonyl (C=O) groups excluding carboxylic acids is 2. The predicted octanol–water partition coefficient (Wildman–Crippen LogP) is 6.06. The Morgan fingerprint density at radius 3 is 2.29 bits per heavy atom. The van der Waals surface area contributed by atoms with Gasteiger partial charge in [-0.05, 0) is 62.4 Å². The molecule has 0 unspecified atom stereocenters. The van der Waals surface area contributed by atoms with Gasteiger partial charge in [0.05, 0.1) is 11.9 Å². The van der Waals surface area contributed by atoms with E-state index in [4.69, 9.17) is 11.6 Å². The predicted molar refractivity (Wildman–Crippen MR) is 171 cm³/mol. The van der Waals surface area contributed by atoms with E-state index in [0.717, 1.165) is 34.9 Å². The van der Waals surface area contributed by atoms with Crippen LogP contribution >= 0.6 is 11.6 Å². The van der Waals surface area contributed by atoms with Crippen LogP contribution in [0.5, 0.6) is 0 Å². The fourth-order valence-corrected chi connectivity index (χ4v) is 6.02. The number of nitrogens with zero attached hydrogens (tertiary/aromatic N) is 2. The van der Waals surface area contributed by atoms with E-state index >= 15 is 0 Å². The smallest absolute Gasteiger partial charge is 0.243 e. The Hall–Kier alpha value is -3.36. The summed E-state index contributed by atoms with van der Waals surface area (Å²) in [6.45, 7) is 8.12. The van der Waals surface area contributed by atoms with Crippen molar-refractivity contribution in [2.24, 2.45) is 0 Å². The largest absolute Gasteiger partial charge is 0.352 e. The first-order valence-corrected chi connectivity index (χ1v) is 16.5. The Bertz CT molecular complexity index is 1460. The Kier molecular flexibility index (Phi) is 12.0. The summed E-state index contributed by atoms with van der Waals surface area (Å²) in [6, 6.07) is 21.9. The molecule has 2 atom stereocenters. The maximum Gasteiger partial charge on any atom is 0.243 e. The zero-order valence-corrected chi connectivity index (χ0v) is 26.7. The molecule has 7 nitrogen and oxygen atoms in total.